The number of hydrogen-bond acceptors (Lipinski definition) is 4. The molecule has 0 spiro atoms. The average molecular weight is 418 g/mol. The molecule has 9 heteroatoms. The van der Waals surface area contributed by atoms with Crippen molar-refractivity contribution in [2.45, 2.75) is 40.0 Å². The lowest BCUT2D eigenvalue weighted by Crippen LogP contribution is -2.34. The molecule has 2 aromatic rings. The first kappa shape index (κ1) is 23.5. The van der Waals surface area contributed by atoms with Crippen molar-refractivity contribution in [3.8, 4) is 0 Å². The van der Waals surface area contributed by atoms with Crippen molar-refractivity contribution in [1.82, 2.24) is 19.7 Å². The summed E-state index contributed by atoms with van der Waals surface area (Å²) >= 11 is 0. The number of aromatic amines is 1. The maximum Gasteiger partial charge on any atom is 0.273 e. The van der Waals surface area contributed by atoms with Gasteiger partial charge in [-0.25, -0.2) is 4.98 Å². The van der Waals surface area contributed by atoms with Gasteiger partial charge in [-0.05, 0) is 49.8 Å². The van der Waals surface area contributed by atoms with E-state index in [1.165, 1.54) is 0 Å². The summed E-state index contributed by atoms with van der Waals surface area (Å²) in [6.07, 6.45) is 1.99. The minimum atomic E-state index is -0.131. The number of fused-ring (bicyclic) bond motifs is 1. The van der Waals surface area contributed by atoms with Gasteiger partial charge in [0, 0.05) is 32.3 Å². The second kappa shape index (κ2) is 8.63. The molecule has 152 valence electrons. The summed E-state index contributed by atoms with van der Waals surface area (Å²) < 4.78 is 1.64. The average Bonchev–Trinajstić information content (AvgIpc) is 3.08. The zero-order chi connectivity index (χ0) is 18.4. The quantitative estimate of drug-likeness (QED) is 0.792. The van der Waals surface area contributed by atoms with E-state index < -0.39 is 0 Å². The smallest absolute Gasteiger partial charge is 0.273 e. The summed E-state index contributed by atoms with van der Waals surface area (Å²) in [5, 5.41) is 3.37. The van der Waals surface area contributed by atoms with E-state index in [1.54, 1.807) is 11.7 Å². The minimum absolute atomic E-state index is 0. The summed E-state index contributed by atoms with van der Waals surface area (Å²) in [6, 6.07) is 0. The van der Waals surface area contributed by atoms with Crippen molar-refractivity contribution >= 4 is 41.8 Å². The van der Waals surface area contributed by atoms with Gasteiger partial charge in [-0.1, -0.05) is 6.92 Å². The van der Waals surface area contributed by atoms with E-state index in [-0.39, 0.29) is 41.7 Å². The summed E-state index contributed by atoms with van der Waals surface area (Å²) in [5.41, 5.74) is 9.19. The van der Waals surface area contributed by atoms with Crippen molar-refractivity contribution in [3.63, 3.8) is 0 Å². The van der Waals surface area contributed by atoms with E-state index in [4.69, 9.17) is 5.73 Å². The Hall–Kier alpha value is -1.57. The maximum absolute atomic E-state index is 12.6. The summed E-state index contributed by atoms with van der Waals surface area (Å²) in [6.45, 7) is 8.12. The molecule has 1 saturated heterocycles. The van der Waals surface area contributed by atoms with Gasteiger partial charge in [-0.3, -0.25) is 19.4 Å². The van der Waals surface area contributed by atoms with Gasteiger partial charge >= 0.3 is 0 Å². The molecule has 1 fully saturated rings. The van der Waals surface area contributed by atoms with Crippen molar-refractivity contribution in [2.75, 3.05) is 19.6 Å². The van der Waals surface area contributed by atoms with Crippen molar-refractivity contribution in [3.05, 3.63) is 27.2 Å². The number of amides is 1. The fraction of sp³-hybridized carbons (Fsp3) is 0.611. The molecule has 0 radical (unpaired) electrons. The number of nitrogens with one attached hydrogen (secondary N) is 1. The third-order valence-electron chi connectivity index (χ3n) is 5.57. The van der Waals surface area contributed by atoms with Crippen LogP contribution in [0.5, 0.6) is 0 Å². The molecule has 2 aromatic heterocycles. The van der Waals surface area contributed by atoms with Crippen LogP contribution in [-0.2, 0) is 18.3 Å². The fourth-order valence-corrected chi connectivity index (χ4v) is 3.81. The number of hydrogen-bond donors (Lipinski definition) is 2. The monoisotopic (exact) mass is 417 g/mol. The van der Waals surface area contributed by atoms with Crippen LogP contribution < -0.4 is 11.3 Å². The van der Waals surface area contributed by atoms with Crippen LogP contribution in [0.15, 0.2) is 4.79 Å². The summed E-state index contributed by atoms with van der Waals surface area (Å²) in [4.78, 5) is 31.2. The molecule has 3 N–H and O–H groups in total. The number of rotatable bonds is 4. The van der Waals surface area contributed by atoms with E-state index >= 15 is 0 Å². The van der Waals surface area contributed by atoms with E-state index in [0.29, 0.717) is 30.4 Å². The normalized spacial score (nSPS) is 19.1. The molecule has 3 rings (SSSR count). The maximum atomic E-state index is 12.6. The molecule has 27 heavy (non-hydrogen) atoms. The van der Waals surface area contributed by atoms with E-state index in [0.717, 1.165) is 36.3 Å². The van der Waals surface area contributed by atoms with Crippen molar-refractivity contribution < 1.29 is 4.79 Å². The molecule has 0 bridgehead atoms. The fourth-order valence-electron chi connectivity index (χ4n) is 3.81. The van der Waals surface area contributed by atoms with Gasteiger partial charge in [-0.2, -0.15) is 0 Å². The standard InChI is InChI=1S/C18H27N5O2.2ClH/c1-11-13(12(2)20-16-15(11)17(25)21-22(16)4)5-6-14(24)23-8-7-18(3,9-19)10-23;;/h5-10,19H2,1-4H3,(H,21,25);2*1H. The van der Waals surface area contributed by atoms with Crippen LogP contribution in [-0.4, -0.2) is 45.2 Å². The molecule has 1 aliphatic heterocycles. The molecule has 1 amide bonds. The second-order valence-electron chi connectivity index (χ2n) is 7.58. The van der Waals surface area contributed by atoms with Gasteiger partial charge in [0.05, 0.1) is 5.39 Å². The highest BCUT2D eigenvalue weighted by molar-refractivity contribution is 5.85. The highest BCUT2D eigenvalue weighted by Crippen LogP contribution is 2.29. The lowest BCUT2D eigenvalue weighted by atomic mass is 9.90. The molecule has 0 aliphatic carbocycles. The Morgan fingerprint density at radius 3 is 2.59 bits per heavy atom. The number of likely N-dealkylation sites (tertiary alicyclic amines) is 1. The molecule has 1 unspecified atom stereocenters. The Labute approximate surface area is 171 Å². The van der Waals surface area contributed by atoms with Gasteiger partial charge in [0.15, 0.2) is 5.65 Å². The lowest BCUT2D eigenvalue weighted by molar-refractivity contribution is -0.130. The van der Waals surface area contributed by atoms with Crippen LogP contribution in [0.1, 0.15) is 36.6 Å². The van der Waals surface area contributed by atoms with Crippen LogP contribution in [0.25, 0.3) is 11.0 Å². The summed E-state index contributed by atoms with van der Waals surface area (Å²) in [5.74, 6) is 0.151. The highest BCUT2D eigenvalue weighted by Gasteiger charge is 2.34. The van der Waals surface area contributed by atoms with Crippen molar-refractivity contribution in [2.24, 2.45) is 18.2 Å². The number of carbonyl (C=O) groups excluding carboxylic acids is 1. The zero-order valence-corrected chi connectivity index (χ0v) is 17.9. The van der Waals surface area contributed by atoms with Crippen LogP contribution in [0, 0.1) is 19.3 Å². The van der Waals surface area contributed by atoms with Gasteiger partial charge in [0.2, 0.25) is 5.91 Å². The van der Waals surface area contributed by atoms with Crippen LogP contribution in [0.2, 0.25) is 0 Å². The third-order valence-corrected chi connectivity index (χ3v) is 5.57. The Balaban J connectivity index is 0.00000182. The SMILES string of the molecule is Cc1nc2c(c(C)c1CCC(=O)N1CCC(C)(CN)C1)c(=O)[nH]n2C.Cl.Cl. The lowest BCUT2D eigenvalue weighted by Gasteiger charge is -2.22. The number of halogens is 2. The Kier molecular flexibility index (Phi) is 7.50. The van der Waals surface area contributed by atoms with Gasteiger partial charge < -0.3 is 10.6 Å². The predicted octanol–water partition coefficient (Wildman–Crippen LogP) is 1.85. The topological polar surface area (TPSA) is 97.0 Å². The first-order valence-corrected chi connectivity index (χ1v) is 8.78. The Morgan fingerprint density at radius 2 is 2.00 bits per heavy atom. The predicted molar refractivity (Wildman–Crippen MR) is 112 cm³/mol. The molecular formula is C18H29Cl2N5O2. The van der Waals surface area contributed by atoms with E-state index in [9.17, 15) is 9.59 Å². The van der Waals surface area contributed by atoms with Gasteiger partial charge in [-0.15, -0.1) is 24.8 Å². The number of carbonyl (C=O) groups is 1. The van der Waals surface area contributed by atoms with Gasteiger partial charge in [0.25, 0.3) is 5.56 Å². The van der Waals surface area contributed by atoms with E-state index in [1.807, 2.05) is 18.7 Å². The first-order chi connectivity index (χ1) is 11.8. The Morgan fingerprint density at radius 1 is 1.33 bits per heavy atom. The van der Waals surface area contributed by atoms with E-state index in [2.05, 4.69) is 17.0 Å². The molecule has 1 aliphatic rings. The summed E-state index contributed by atoms with van der Waals surface area (Å²) in [7, 11) is 1.78. The molecule has 1 atom stereocenters. The van der Waals surface area contributed by atoms with Gasteiger partial charge in [0.1, 0.15) is 0 Å². The van der Waals surface area contributed by atoms with Crippen LogP contribution in [0.4, 0.5) is 0 Å². The number of aromatic nitrogens is 3. The molecule has 0 saturated carbocycles. The second-order valence-corrected chi connectivity index (χ2v) is 7.58. The number of nitrogens with zero attached hydrogens (tertiary/aromatic N) is 3. The molecule has 7 nitrogen and oxygen atoms in total. The van der Waals surface area contributed by atoms with Crippen LogP contribution in [0.3, 0.4) is 0 Å². The molecule has 0 aromatic carbocycles. The number of aryl methyl sites for hydroxylation is 3. The van der Waals surface area contributed by atoms with Crippen molar-refractivity contribution in [1.29, 1.82) is 0 Å². The number of pyridine rings is 1. The number of nitrogens with two attached hydrogens (primary N) is 1. The van der Waals surface area contributed by atoms with Crippen LogP contribution >= 0.6 is 24.8 Å². The third kappa shape index (κ3) is 4.31. The molecule has 3 heterocycles. The first-order valence-electron chi connectivity index (χ1n) is 8.78. The Bertz CT molecular complexity index is 892. The number of H-pyrrole nitrogens is 1. The molecular weight excluding hydrogens is 389 g/mol. The largest absolute Gasteiger partial charge is 0.342 e. The minimum Gasteiger partial charge on any atom is -0.342 e. The zero-order valence-electron chi connectivity index (χ0n) is 16.3. The highest BCUT2D eigenvalue weighted by atomic mass is 35.5.